The molecule has 4 atom stereocenters. The van der Waals surface area contributed by atoms with Gasteiger partial charge < -0.3 is 5.73 Å². The Morgan fingerprint density at radius 3 is 2.53 bits per heavy atom. The van der Waals surface area contributed by atoms with Gasteiger partial charge in [-0.05, 0) is 50.0 Å². The minimum absolute atomic E-state index is 0.656. The molecule has 0 spiro atoms. The van der Waals surface area contributed by atoms with Gasteiger partial charge in [-0.3, -0.25) is 4.90 Å². The molecule has 112 valence electrons. The van der Waals surface area contributed by atoms with Crippen LogP contribution in [-0.2, 0) is 0 Å². The first-order chi connectivity index (χ1) is 9.17. The second-order valence-electron chi connectivity index (χ2n) is 7.19. The summed E-state index contributed by atoms with van der Waals surface area (Å²) in [6, 6.07) is 1.48. The van der Waals surface area contributed by atoms with Crippen LogP contribution in [0, 0.1) is 17.8 Å². The molecule has 2 aliphatic rings. The van der Waals surface area contributed by atoms with Gasteiger partial charge in [0.15, 0.2) is 0 Å². The topological polar surface area (TPSA) is 29.3 Å². The summed E-state index contributed by atoms with van der Waals surface area (Å²) >= 11 is 0. The van der Waals surface area contributed by atoms with E-state index < -0.39 is 0 Å². The number of rotatable bonds is 4. The normalized spacial score (nSPS) is 37.7. The molecular formula is C17H34N2. The molecule has 1 saturated heterocycles. The van der Waals surface area contributed by atoms with E-state index in [1.165, 1.54) is 51.5 Å². The van der Waals surface area contributed by atoms with Gasteiger partial charge in [0.05, 0.1) is 0 Å². The Balaban J connectivity index is 2.05. The van der Waals surface area contributed by atoms with Crippen LogP contribution in [0.15, 0.2) is 0 Å². The summed E-state index contributed by atoms with van der Waals surface area (Å²) in [4.78, 5) is 2.82. The van der Waals surface area contributed by atoms with E-state index in [0.717, 1.165) is 30.3 Å². The van der Waals surface area contributed by atoms with E-state index in [1.54, 1.807) is 0 Å². The number of likely N-dealkylation sites (tertiary alicyclic amines) is 1. The maximum absolute atomic E-state index is 6.10. The Morgan fingerprint density at radius 1 is 1.16 bits per heavy atom. The Morgan fingerprint density at radius 2 is 1.89 bits per heavy atom. The SMILES string of the molecule is CCC1CCN(C2CCCCC2C(C)C)C(CN)C1. The molecule has 0 aromatic carbocycles. The lowest BCUT2D eigenvalue weighted by atomic mass is 9.75. The largest absolute Gasteiger partial charge is 0.329 e. The van der Waals surface area contributed by atoms with Crippen LogP contribution in [0.25, 0.3) is 0 Å². The zero-order valence-electron chi connectivity index (χ0n) is 13.3. The van der Waals surface area contributed by atoms with E-state index in [-0.39, 0.29) is 0 Å². The second kappa shape index (κ2) is 7.08. The molecule has 1 aliphatic heterocycles. The third-order valence-electron chi connectivity index (χ3n) is 5.78. The highest BCUT2D eigenvalue weighted by Gasteiger charge is 2.37. The third-order valence-corrected chi connectivity index (χ3v) is 5.78. The van der Waals surface area contributed by atoms with Crippen molar-refractivity contribution < 1.29 is 0 Å². The molecule has 1 aliphatic carbocycles. The fourth-order valence-electron chi connectivity index (χ4n) is 4.52. The first-order valence-corrected chi connectivity index (χ1v) is 8.63. The summed E-state index contributed by atoms with van der Waals surface area (Å²) in [6.45, 7) is 9.33. The summed E-state index contributed by atoms with van der Waals surface area (Å²) in [5.41, 5.74) is 6.10. The molecule has 19 heavy (non-hydrogen) atoms. The van der Waals surface area contributed by atoms with Crippen molar-refractivity contribution in [2.45, 2.75) is 77.8 Å². The molecule has 1 heterocycles. The first kappa shape index (κ1) is 15.3. The molecule has 0 aromatic rings. The van der Waals surface area contributed by atoms with Gasteiger partial charge in [0.2, 0.25) is 0 Å². The van der Waals surface area contributed by atoms with Gasteiger partial charge in [0.1, 0.15) is 0 Å². The molecule has 2 heteroatoms. The fraction of sp³-hybridized carbons (Fsp3) is 1.00. The van der Waals surface area contributed by atoms with Crippen molar-refractivity contribution in [1.82, 2.24) is 4.90 Å². The zero-order chi connectivity index (χ0) is 13.8. The van der Waals surface area contributed by atoms with E-state index in [2.05, 4.69) is 25.7 Å². The summed E-state index contributed by atoms with van der Waals surface area (Å²) in [6.07, 6.45) is 9.80. The van der Waals surface area contributed by atoms with Crippen LogP contribution in [0.1, 0.15) is 65.7 Å². The van der Waals surface area contributed by atoms with Gasteiger partial charge in [-0.25, -0.2) is 0 Å². The number of nitrogens with two attached hydrogens (primary N) is 1. The van der Waals surface area contributed by atoms with Gasteiger partial charge in [0.25, 0.3) is 0 Å². The monoisotopic (exact) mass is 266 g/mol. The molecule has 2 rings (SSSR count). The summed E-state index contributed by atoms with van der Waals surface area (Å²) in [7, 11) is 0. The van der Waals surface area contributed by atoms with Gasteiger partial charge in [0, 0.05) is 18.6 Å². The predicted molar refractivity (Wildman–Crippen MR) is 83.1 cm³/mol. The zero-order valence-corrected chi connectivity index (χ0v) is 13.3. The number of hydrogen-bond acceptors (Lipinski definition) is 2. The van der Waals surface area contributed by atoms with Crippen LogP contribution in [0.2, 0.25) is 0 Å². The average Bonchev–Trinajstić information content (AvgIpc) is 2.46. The van der Waals surface area contributed by atoms with Crippen molar-refractivity contribution >= 4 is 0 Å². The van der Waals surface area contributed by atoms with Crippen LogP contribution in [0.3, 0.4) is 0 Å². The third kappa shape index (κ3) is 3.52. The number of piperidine rings is 1. The average molecular weight is 266 g/mol. The molecule has 0 amide bonds. The fourth-order valence-corrected chi connectivity index (χ4v) is 4.52. The lowest BCUT2D eigenvalue weighted by molar-refractivity contribution is 0.0106. The quantitative estimate of drug-likeness (QED) is 0.841. The van der Waals surface area contributed by atoms with E-state index in [0.29, 0.717) is 6.04 Å². The van der Waals surface area contributed by atoms with Gasteiger partial charge in [-0.15, -0.1) is 0 Å². The molecular weight excluding hydrogens is 232 g/mol. The Bertz CT molecular complexity index is 264. The van der Waals surface area contributed by atoms with E-state index in [1.807, 2.05) is 0 Å². The molecule has 0 radical (unpaired) electrons. The van der Waals surface area contributed by atoms with E-state index >= 15 is 0 Å². The van der Waals surface area contributed by atoms with Crippen LogP contribution < -0.4 is 5.73 Å². The standard InChI is InChI=1S/C17H34N2/c1-4-14-9-10-19(15(11-14)12-18)17-8-6-5-7-16(17)13(2)3/h13-17H,4-12,18H2,1-3H3. The van der Waals surface area contributed by atoms with Crippen LogP contribution in [0.5, 0.6) is 0 Å². The van der Waals surface area contributed by atoms with Crippen molar-refractivity contribution in [2.24, 2.45) is 23.5 Å². The summed E-state index contributed by atoms with van der Waals surface area (Å²) in [5.74, 6) is 2.65. The predicted octanol–water partition coefficient (Wildman–Crippen LogP) is 3.65. The van der Waals surface area contributed by atoms with Crippen LogP contribution >= 0.6 is 0 Å². The Hall–Kier alpha value is -0.0800. The molecule has 2 fully saturated rings. The minimum atomic E-state index is 0.656. The maximum atomic E-state index is 6.10. The highest BCUT2D eigenvalue weighted by molar-refractivity contribution is 4.92. The van der Waals surface area contributed by atoms with Crippen molar-refractivity contribution in [2.75, 3.05) is 13.1 Å². The van der Waals surface area contributed by atoms with Crippen molar-refractivity contribution in [1.29, 1.82) is 0 Å². The van der Waals surface area contributed by atoms with Crippen molar-refractivity contribution in [3.8, 4) is 0 Å². The summed E-state index contributed by atoms with van der Waals surface area (Å²) < 4.78 is 0. The maximum Gasteiger partial charge on any atom is 0.0224 e. The van der Waals surface area contributed by atoms with Crippen molar-refractivity contribution in [3.05, 3.63) is 0 Å². The Labute approximate surface area is 120 Å². The van der Waals surface area contributed by atoms with Gasteiger partial charge >= 0.3 is 0 Å². The number of nitrogens with zero attached hydrogens (tertiary/aromatic N) is 1. The highest BCUT2D eigenvalue weighted by Crippen LogP contribution is 2.37. The summed E-state index contributed by atoms with van der Waals surface area (Å²) in [5, 5.41) is 0. The molecule has 4 unspecified atom stereocenters. The molecule has 0 bridgehead atoms. The first-order valence-electron chi connectivity index (χ1n) is 8.63. The molecule has 0 aromatic heterocycles. The van der Waals surface area contributed by atoms with Crippen LogP contribution in [-0.4, -0.2) is 30.1 Å². The minimum Gasteiger partial charge on any atom is -0.329 e. The van der Waals surface area contributed by atoms with E-state index in [4.69, 9.17) is 5.73 Å². The smallest absolute Gasteiger partial charge is 0.0224 e. The van der Waals surface area contributed by atoms with E-state index in [9.17, 15) is 0 Å². The Kier molecular flexibility index (Phi) is 5.70. The lowest BCUT2D eigenvalue weighted by Gasteiger charge is -2.48. The molecule has 2 N–H and O–H groups in total. The van der Waals surface area contributed by atoms with Crippen molar-refractivity contribution in [3.63, 3.8) is 0 Å². The molecule has 2 nitrogen and oxygen atoms in total. The van der Waals surface area contributed by atoms with Gasteiger partial charge in [-0.1, -0.05) is 40.0 Å². The second-order valence-corrected chi connectivity index (χ2v) is 7.19. The van der Waals surface area contributed by atoms with Crippen LogP contribution in [0.4, 0.5) is 0 Å². The lowest BCUT2D eigenvalue weighted by Crippen LogP contribution is -2.55. The molecule has 1 saturated carbocycles. The van der Waals surface area contributed by atoms with Gasteiger partial charge in [-0.2, -0.15) is 0 Å². The highest BCUT2D eigenvalue weighted by atomic mass is 15.2. The number of hydrogen-bond donors (Lipinski definition) is 1.